The SMILES string of the molecule is N#C/C(=C\c1ccc(-c2ccc(N(c3ccc(I)cc3)c3ccc(I)cc3)cc2)s1)C(=O)O. The van der Waals surface area contributed by atoms with Crippen LogP contribution in [0.15, 0.2) is 90.5 Å². The fourth-order valence-electron chi connectivity index (χ4n) is 3.27. The number of halogens is 2. The Kier molecular flexibility index (Phi) is 7.47. The van der Waals surface area contributed by atoms with Gasteiger partial charge in [-0.05, 0) is 130 Å². The van der Waals surface area contributed by atoms with Crippen molar-refractivity contribution in [2.45, 2.75) is 0 Å². The van der Waals surface area contributed by atoms with Gasteiger partial charge in [-0.3, -0.25) is 0 Å². The summed E-state index contributed by atoms with van der Waals surface area (Å²) in [6, 6.07) is 30.6. The fraction of sp³-hybridized carbons (Fsp3) is 0. The van der Waals surface area contributed by atoms with Gasteiger partial charge < -0.3 is 10.0 Å². The molecule has 1 N–H and O–H groups in total. The summed E-state index contributed by atoms with van der Waals surface area (Å²) in [7, 11) is 0. The number of hydrogen-bond acceptors (Lipinski definition) is 4. The number of carbonyl (C=O) groups is 1. The van der Waals surface area contributed by atoms with Gasteiger partial charge in [-0.15, -0.1) is 11.3 Å². The van der Waals surface area contributed by atoms with Gasteiger partial charge in [-0.25, -0.2) is 4.79 Å². The predicted octanol–water partition coefficient (Wildman–Crippen LogP) is 8.09. The van der Waals surface area contributed by atoms with E-state index < -0.39 is 5.97 Å². The minimum absolute atomic E-state index is 0.274. The average Bonchev–Trinajstić information content (AvgIpc) is 3.29. The van der Waals surface area contributed by atoms with Crippen molar-refractivity contribution in [1.29, 1.82) is 5.26 Å². The number of carboxylic acid groups (broad SMARTS) is 1. The summed E-state index contributed by atoms with van der Waals surface area (Å²) < 4.78 is 2.36. The molecule has 1 heterocycles. The van der Waals surface area contributed by atoms with Crippen LogP contribution in [0, 0.1) is 18.5 Å². The maximum atomic E-state index is 11.1. The number of rotatable bonds is 6. The van der Waals surface area contributed by atoms with Crippen molar-refractivity contribution < 1.29 is 9.90 Å². The van der Waals surface area contributed by atoms with Crippen molar-refractivity contribution in [3.05, 3.63) is 103 Å². The van der Waals surface area contributed by atoms with Crippen LogP contribution < -0.4 is 4.90 Å². The van der Waals surface area contributed by atoms with E-state index in [1.807, 2.05) is 12.1 Å². The zero-order valence-corrected chi connectivity index (χ0v) is 22.2. The van der Waals surface area contributed by atoms with Gasteiger partial charge in [0.1, 0.15) is 11.6 Å². The second-order valence-corrected chi connectivity index (χ2v) is 10.6. The molecule has 1 aromatic heterocycles. The van der Waals surface area contributed by atoms with Crippen LogP contribution >= 0.6 is 56.5 Å². The molecule has 0 aliphatic rings. The van der Waals surface area contributed by atoms with Gasteiger partial charge in [0.25, 0.3) is 0 Å². The van der Waals surface area contributed by atoms with Gasteiger partial charge in [0.2, 0.25) is 0 Å². The van der Waals surface area contributed by atoms with Crippen LogP contribution in [0.1, 0.15) is 4.88 Å². The molecule has 0 aliphatic carbocycles. The molecule has 0 spiro atoms. The summed E-state index contributed by atoms with van der Waals surface area (Å²) in [5.41, 5.74) is 3.94. The molecule has 0 radical (unpaired) electrons. The molecule has 4 aromatic rings. The Morgan fingerprint density at radius 1 is 0.818 bits per heavy atom. The monoisotopic (exact) mass is 674 g/mol. The molecule has 7 heteroatoms. The molecule has 0 saturated heterocycles. The summed E-state index contributed by atoms with van der Waals surface area (Å²) in [6.07, 6.45) is 1.40. The second-order valence-electron chi connectivity index (χ2n) is 7.01. The molecule has 0 fully saturated rings. The highest BCUT2D eigenvalue weighted by molar-refractivity contribution is 14.1. The minimum Gasteiger partial charge on any atom is -0.477 e. The van der Waals surface area contributed by atoms with Crippen LogP contribution in [0.5, 0.6) is 0 Å². The van der Waals surface area contributed by atoms with E-state index in [1.165, 1.54) is 24.6 Å². The quantitative estimate of drug-likeness (QED) is 0.128. The summed E-state index contributed by atoms with van der Waals surface area (Å²) in [6.45, 7) is 0. The first-order valence-corrected chi connectivity index (χ1v) is 12.8. The number of nitrogens with zero attached hydrogens (tertiary/aromatic N) is 2. The van der Waals surface area contributed by atoms with Crippen molar-refractivity contribution in [3.8, 4) is 16.5 Å². The summed E-state index contributed by atoms with van der Waals surface area (Å²) in [5.74, 6) is -1.22. The molecule has 3 aromatic carbocycles. The van der Waals surface area contributed by atoms with Crippen LogP contribution in [-0.4, -0.2) is 11.1 Å². The standard InChI is InChI=1S/C26H16I2N2O2S/c27-19-3-9-22(10-4-19)30(23-11-5-20(28)6-12-23)21-7-1-17(2-8-21)25-14-13-24(33-25)15-18(16-29)26(31)32/h1-15H,(H,31,32)/b18-15+. The maximum Gasteiger partial charge on any atom is 0.346 e. The van der Waals surface area contributed by atoms with Crippen LogP contribution in [0.4, 0.5) is 17.1 Å². The average molecular weight is 674 g/mol. The highest BCUT2D eigenvalue weighted by Crippen LogP contribution is 2.37. The number of benzene rings is 3. The lowest BCUT2D eigenvalue weighted by molar-refractivity contribution is -0.132. The van der Waals surface area contributed by atoms with Gasteiger partial charge in [0.15, 0.2) is 0 Å². The van der Waals surface area contributed by atoms with E-state index in [0.717, 1.165) is 32.4 Å². The number of carboxylic acids is 1. The van der Waals surface area contributed by atoms with E-state index in [4.69, 9.17) is 10.4 Å². The van der Waals surface area contributed by atoms with E-state index in [-0.39, 0.29) is 5.57 Å². The molecular formula is C26H16I2N2O2S. The molecule has 162 valence electrons. The van der Waals surface area contributed by atoms with Gasteiger partial charge in [-0.1, -0.05) is 12.1 Å². The maximum absolute atomic E-state index is 11.1. The van der Waals surface area contributed by atoms with Crippen LogP contribution in [0.25, 0.3) is 16.5 Å². The van der Waals surface area contributed by atoms with Crippen LogP contribution in [0.3, 0.4) is 0 Å². The Hall–Kier alpha value is -2.68. The van der Waals surface area contributed by atoms with E-state index in [0.29, 0.717) is 0 Å². The number of hydrogen-bond donors (Lipinski definition) is 1. The molecule has 0 saturated carbocycles. The lowest BCUT2D eigenvalue weighted by atomic mass is 10.1. The minimum atomic E-state index is -1.22. The van der Waals surface area contributed by atoms with E-state index in [2.05, 4.69) is 123 Å². The van der Waals surface area contributed by atoms with Crippen molar-refractivity contribution >= 4 is 85.6 Å². The molecule has 0 unspecified atom stereocenters. The lowest BCUT2D eigenvalue weighted by Crippen LogP contribution is -2.09. The van der Waals surface area contributed by atoms with Crippen molar-refractivity contribution in [2.24, 2.45) is 0 Å². The Labute approximate surface area is 223 Å². The molecule has 0 amide bonds. The molecule has 33 heavy (non-hydrogen) atoms. The largest absolute Gasteiger partial charge is 0.477 e. The fourth-order valence-corrected chi connectivity index (χ4v) is 4.95. The van der Waals surface area contributed by atoms with Crippen molar-refractivity contribution in [3.63, 3.8) is 0 Å². The lowest BCUT2D eigenvalue weighted by Gasteiger charge is -2.25. The van der Waals surface area contributed by atoms with E-state index in [9.17, 15) is 4.79 Å². The van der Waals surface area contributed by atoms with Crippen molar-refractivity contribution in [2.75, 3.05) is 4.90 Å². The first-order chi connectivity index (χ1) is 15.9. The smallest absolute Gasteiger partial charge is 0.346 e. The highest BCUT2D eigenvalue weighted by atomic mass is 127. The van der Waals surface area contributed by atoms with Crippen LogP contribution in [0.2, 0.25) is 0 Å². The Bertz CT molecular complexity index is 1310. The number of thiophene rings is 1. The van der Waals surface area contributed by atoms with Crippen LogP contribution in [-0.2, 0) is 4.79 Å². The van der Waals surface area contributed by atoms with E-state index in [1.54, 1.807) is 6.07 Å². The predicted molar refractivity (Wildman–Crippen MR) is 151 cm³/mol. The topological polar surface area (TPSA) is 64.3 Å². The summed E-state index contributed by atoms with van der Waals surface area (Å²) >= 11 is 6.06. The summed E-state index contributed by atoms with van der Waals surface area (Å²) in [4.78, 5) is 15.0. The zero-order valence-electron chi connectivity index (χ0n) is 17.1. The molecule has 0 bridgehead atoms. The molecule has 0 aliphatic heterocycles. The second kappa shape index (κ2) is 10.5. The molecule has 4 rings (SSSR count). The van der Waals surface area contributed by atoms with Gasteiger partial charge in [-0.2, -0.15) is 5.26 Å². The third-order valence-electron chi connectivity index (χ3n) is 4.84. The van der Waals surface area contributed by atoms with Gasteiger partial charge >= 0.3 is 5.97 Å². The van der Waals surface area contributed by atoms with Gasteiger partial charge in [0, 0.05) is 34.0 Å². The first-order valence-electron chi connectivity index (χ1n) is 9.81. The molecular weight excluding hydrogens is 658 g/mol. The number of nitriles is 1. The van der Waals surface area contributed by atoms with Gasteiger partial charge in [0.05, 0.1) is 0 Å². The van der Waals surface area contributed by atoms with Crippen molar-refractivity contribution in [1.82, 2.24) is 0 Å². The normalized spacial score (nSPS) is 11.1. The number of aliphatic carboxylic acids is 1. The Morgan fingerprint density at radius 2 is 1.30 bits per heavy atom. The Balaban J connectivity index is 1.67. The highest BCUT2D eigenvalue weighted by Gasteiger charge is 2.13. The molecule has 4 nitrogen and oxygen atoms in total. The number of anilines is 3. The zero-order chi connectivity index (χ0) is 23.4. The summed E-state index contributed by atoms with van der Waals surface area (Å²) in [5, 5.41) is 18.0. The third-order valence-corrected chi connectivity index (χ3v) is 7.36. The first kappa shape index (κ1) is 23.5. The van der Waals surface area contributed by atoms with E-state index >= 15 is 0 Å². The third kappa shape index (κ3) is 5.63. The molecule has 0 atom stereocenters. The Morgan fingerprint density at radius 3 is 1.76 bits per heavy atom.